The van der Waals surface area contributed by atoms with Crippen LogP contribution < -0.4 is 16.0 Å². The van der Waals surface area contributed by atoms with Crippen LogP contribution in [0.5, 0.6) is 0 Å². The standard InChI is InChI=1S/C22H19F2N3OS/c23-16-7-5-15(6-8-16)13-14-25-22(29)27-18-11-9-17(10-12-18)26-21(28)19-3-1-2-4-20(19)24/h1-12H,13-14H2,(H,26,28)(H2,25,27,29). The van der Waals surface area contributed by atoms with Gasteiger partial charge in [-0.3, -0.25) is 4.79 Å². The summed E-state index contributed by atoms with van der Waals surface area (Å²) in [5, 5.41) is 9.24. The second kappa shape index (κ2) is 9.75. The Hall–Kier alpha value is -3.32. The molecule has 4 nitrogen and oxygen atoms in total. The summed E-state index contributed by atoms with van der Waals surface area (Å²) >= 11 is 5.26. The molecule has 0 radical (unpaired) electrons. The largest absolute Gasteiger partial charge is 0.362 e. The Morgan fingerprint density at radius 1 is 0.828 bits per heavy atom. The van der Waals surface area contributed by atoms with E-state index < -0.39 is 11.7 Å². The minimum absolute atomic E-state index is 0.0127. The van der Waals surface area contributed by atoms with E-state index in [0.29, 0.717) is 23.8 Å². The maximum absolute atomic E-state index is 13.7. The smallest absolute Gasteiger partial charge is 0.258 e. The summed E-state index contributed by atoms with van der Waals surface area (Å²) < 4.78 is 26.6. The number of carbonyl (C=O) groups is 1. The second-order valence-corrected chi connectivity index (χ2v) is 6.68. The lowest BCUT2D eigenvalue weighted by atomic mass is 10.1. The Morgan fingerprint density at radius 3 is 2.10 bits per heavy atom. The monoisotopic (exact) mass is 411 g/mol. The quantitative estimate of drug-likeness (QED) is 0.513. The second-order valence-electron chi connectivity index (χ2n) is 6.27. The first-order valence-corrected chi connectivity index (χ1v) is 9.37. The summed E-state index contributed by atoms with van der Waals surface area (Å²) in [6.45, 7) is 0.605. The van der Waals surface area contributed by atoms with Crippen LogP contribution in [0.25, 0.3) is 0 Å². The highest BCUT2D eigenvalue weighted by Crippen LogP contribution is 2.15. The third-order valence-electron chi connectivity index (χ3n) is 4.13. The number of hydrogen-bond acceptors (Lipinski definition) is 2. The van der Waals surface area contributed by atoms with Crippen LogP contribution >= 0.6 is 12.2 Å². The summed E-state index contributed by atoms with van der Waals surface area (Å²) in [4.78, 5) is 12.1. The number of hydrogen-bond donors (Lipinski definition) is 3. The fraction of sp³-hybridized carbons (Fsp3) is 0.0909. The number of rotatable bonds is 6. The van der Waals surface area contributed by atoms with Gasteiger partial charge in [-0.2, -0.15) is 0 Å². The van der Waals surface area contributed by atoms with Crippen molar-refractivity contribution in [2.24, 2.45) is 0 Å². The minimum atomic E-state index is -0.569. The van der Waals surface area contributed by atoms with Gasteiger partial charge in [0.1, 0.15) is 11.6 Å². The molecule has 0 heterocycles. The van der Waals surface area contributed by atoms with E-state index in [-0.39, 0.29) is 11.4 Å². The number of benzene rings is 3. The average molecular weight is 411 g/mol. The van der Waals surface area contributed by atoms with E-state index >= 15 is 0 Å². The number of nitrogens with one attached hydrogen (secondary N) is 3. The minimum Gasteiger partial charge on any atom is -0.362 e. The van der Waals surface area contributed by atoms with Crippen LogP contribution in [0.2, 0.25) is 0 Å². The van der Waals surface area contributed by atoms with Crippen molar-refractivity contribution in [1.29, 1.82) is 0 Å². The molecule has 0 aliphatic rings. The molecule has 0 saturated heterocycles. The van der Waals surface area contributed by atoms with E-state index in [0.717, 1.165) is 11.3 Å². The lowest BCUT2D eigenvalue weighted by Crippen LogP contribution is -2.30. The van der Waals surface area contributed by atoms with E-state index in [2.05, 4.69) is 16.0 Å². The molecule has 3 aromatic carbocycles. The van der Waals surface area contributed by atoms with Crippen molar-refractivity contribution in [2.75, 3.05) is 17.2 Å². The molecule has 148 valence electrons. The van der Waals surface area contributed by atoms with Crippen LogP contribution in [0.4, 0.5) is 20.2 Å². The highest BCUT2D eigenvalue weighted by Gasteiger charge is 2.10. The van der Waals surface area contributed by atoms with Crippen LogP contribution in [-0.2, 0) is 6.42 Å². The van der Waals surface area contributed by atoms with Crippen molar-refractivity contribution in [1.82, 2.24) is 5.32 Å². The summed E-state index contributed by atoms with van der Waals surface area (Å²) in [7, 11) is 0. The van der Waals surface area contributed by atoms with Gasteiger partial charge < -0.3 is 16.0 Å². The normalized spacial score (nSPS) is 10.3. The summed E-state index contributed by atoms with van der Waals surface area (Å²) in [5.74, 6) is -1.34. The van der Waals surface area contributed by atoms with Crippen molar-refractivity contribution >= 4 is 34.6 Å². The first-order chi connectivity index (χ1) is 14.0. The van der Waals surface area contributed by atoms with E-state index in [1.807, 2.05) is 0 Å². The fourth-order valence-corrected chi connectivity index (χ4v) is 2.85. The van der Waals surface area contributed by atoms with Crippen molar-refractivity contribution in [3.63, 3.8) is 0 Å². The van der Waals surface area contributed by atoms with Gasteiger partial charge in [-0.25, -0.2) is 8.78 Å². The Morgan fingerprint density at radius 2 is 1.45 bits per heavy atom. The van der Waals surface area contributed by atoms with Crippen LogP contribution in [0.1, 0.15) is 15.9 Å². The maximum atomic E-state index is 13.7. The summed E-state index contributed by atoms with van der Waals surface area (Å²) in [5.41, 5.74) is 2.28. The molecule has 3 rings (SSSR count). The predicted molar refractivity (Wildman–Crippen MR) is 115 cm³/mol. The van der Waals surface area contributed by atoms with E-state index in [4.69, 9.17) is 12.2 Å². The zero-order valence-corrected chi connectivity index (χ0v) is 16.2. The van der Waals surface area contributed by atoms with Gasteiger partial charge in [-0.15, -0.1) is 0 Å². The number of halogens is 2. The highest BCUT2D eigenvalue weighted by atomic mass is 32.1. The molecule has 0 spiro atoms. The Labute approximate surface area is 173 Å². The summed E-state index contributed by atoms with van der Waals surface area (Å²) in [6, 6.07) is 19.0. The van der Waals surface area contributed by atoms with Gasteiger partial charge in [0.05, 0.1) is 5.56 Å². The van der Waals surface area contributed by atoms with Gasteiger partial charge in [0.15, 0.2) is 5.11 Å². The molecule has 0 aliphatic heterocycles. The molecule has 29 heavy (non-hydrogen) atoms. The average Bonchev–Trinajstić information content (AvgIpc) is 2.71. The summed E-state index contributed by atoms with van der Waals surface area (Å²) in [6.07, 6.45) is 0.711. The number of thiocarbonyl (C=S) groups is 1. The Balaban J connectivity index is 1.47. The molecule has 7 heteroatoms. The van der Waals surface area contributed by atoms with Gasteiger partial charge >= 0.3 is 0 Å². The van der Waals surface area contributed by atoms with Gasteiger partial charge in [-0.1, -0.05) is 24.3 Å². The molecule has 0 aromatic heterocycles. The van der Waals surface area contributed by atoms with Crippen molar-refractivity contribution in [3.05, 3.63) is 95.6 Å². The molecule has 0 atom stereocenters. The highest BCUT2D eigenvalue weighted by molar-refractivity contribution is 7.80. The Kier molecular flexibility index (Phi) is 6.86. The molecule has 3 N–H and O–H groups in total. The SMILES string of the molecule is O=C(Nc1ccc(NC(=S)NCCc2ccc(F)cc2)cc1)c1ccccc1F. The number of carbonyl (C=O) groups excluding carboxylic acids is 1. The van der Waals surface area contributed by atoms with Crippen LogP contribution in [-0.4, -0.2) is 17.6 Å². The predicted octanol–water partition coefficient (Wildman–Crippen LogP) is 4.75. The lowest BCUT2D eigenvalue weighted by molar-refractivity contribution is 0.102. The van der Waals surface area contributed by atoms with Gasteiger partial charge in [0.25, 0.3) is 5.91 Å². The molecular weight excluding hydrogens is 392 g/mol. The third-order valence-corrected chi connectivity index (χ3v) is 4.38. The van der Waals surface area contributed by atoms with Crippen LogP contribution in [0, 0.1) is 11.6 Å². The van der Waals surface area contributed by atoms with Gasteiger partial charge in [-0.05, 0) is 72.7 Å². The fourth-order valence-electron chi connectivity index (χ4n) is 2.63. The first kappa shape index (κ1) is 20.4. The van der Waals surface area contributed by atoms with E-state index in [1.54, 1.807) is 42.5 Å². The van der Waals surface area contributed by atoms with E-state index in [9.17, 15) is 13.6 Å². The molecule has 0 bridgehead atoms. The van der Waals surface area contributed by atoms with Crippen molar-refractivity contribution < 1.29 is 13.6 Å². The van der Waals surface area contributed by atoms with Crippen LogP contribution in [0.15, 0.2) is 72.8 Å². The number of amides is 1. The maximum Gasteiger partial charge on any atom is 0.258 e. The molecule has 0 saturated carbocycles. The number of anilines is 2. The molecule has 0 aliphatic carbocycles. The molecule has 0 fully saturated rings. The van der Waals surface area contributed by atoms with Crippen molar-refractivity contribution in [3.8, 4) is 0 Å². The Bertz CT molecular complexity index is 992. The lowest BCUT2D eigenvalue weighted by Gasteiger charge is -2.11. The third kappa shape index (κ3) is 6.08. The molecular formula is C22H19F2N3OS. The molecule has 1 amide bonds. The van der Waals surface area contributed by atoms with Crippen LogP contribution in [0.3, 0.4) is 0 Å². The topological polar surface area (TPSA) is 53.2 Å². The van der Waals surface area contributed by atoms with Gasteiger partial charge in [0.2, 0.25) is 0 Å². The zero-order chi connectivity index (χ0) is 20.6. The van der Waals surface area contributed by atoms with Gasteiger partial charge in [0, 0.05) is 17.9 Å². The molecule has 3 aromatic rings. The molecule has 0 unspecified atom stereocenters. The first-order valence-electron chi connectivity index (χ1n) is 8.96. The van der Waals surface area contributed by atoms with E-state index in [1.165, 1.54) is 30.3 Å². The zero-order valence-electron chi connectivity index (χ0n) is 15.4. The van der Waals surface area contributed by atoms with Crippen molar-refractivity contribution in [2.45, 2.75) is 6.42 Å².